The zero-order chi connectivity index (χ0) is 22.1. The van der Waals surface area contributed by atoms with Crippen LogP contribution in [-0.2, 0) is 40.7 Å². The molecular weight excluding hydrogens is 593 g/mol. The molecule has 7 heteroatoms. The largest absolute Gasteiger partial charge is 2.00 e. The first-order valence-corrected chi connectivity index (χ1v) is 11.0. The number of hydrogen-bond donors (Lipinski definition) is 0. The molecule has 2 aliphatic heterocycles. The van der Waals surface area contributed by atoms with Crippen LogP contribution in [0.25, 0.3) is 22.8 Å². The Kier molecular flexibility index (Phi) is 5.24. The monoisotopic (exact) mass is 618 g/mol. The van der Waals surface area contributed by atoms with Crippen molar-refractivity contribution < 1.29 is 25.8 Å². The van der Waals surface area contributed by atoms with E-state index in [2.05, 4.69) is 71.6 Å². The Morgan fingerprint density at radius 2 is 1.45 bits per heavy atom. The number of imidazole rings is 2. The second-order valence-corrected chi connectivity index (χ2v) is 8.98. The van der Waals surface area contributed by atoms with Crippen molar-refractivity contribution in [3.8, 4) is 34.3 Å². The minimum absolute atomic E-state index is 0. The van der Waals surface area contributed by atoms with E-state index in [1.807, 2.05) is 13.8 Å². The number of nitrogens with zero attached hydrogens (tertiary/aromatic N) is 5. The first kappa shape index (κ1) is 22.0. The number of ether oxygens (including phenoxy) is 1. The molecule has 0 aliphatic carbocycles. The Bertz CT molecular complexity index is 1400. The molecule has 170 valence electrons. The van der Waals surface area contributed by atoms with Crippen LogP contribution in [0.3, 0.4) is 0 Å². The van der Waals surface area contributed by atoms with Gasteiger partial charge in [0.05, 0.1) is 18.3 Å². The zero-order valence-electron chi connectivity index (χ0n) is 19.4. The molecule has 0 atom stereocenters. The second kappa shape index (κ2) is 7.88. The van der Waals surface area contributed by atoms with Gasteiger partial charge < -0.3 is 18.8 Å². The molecule has 0 unspecified atom stereocenters. The van der Waals surface area contributed by atoms with E-state index in [1.165, 1.54) is 11.1 Å². The second-order valence-electron chi connectivity index (χ2n) is 8.98. The predicted octanol–water partition coefficient (Wildman–Crippen LogP) is 5.00. The van der Waals surface area contributed by atoms with Crippen molar-refractivity contribution in [2.75, 3.05) is 11.9 Å². The summed E-state index contributed by atoms with van der Waals surface area (Å²) in [4.78, 5) is 11.7. The van der Waals surface area contributed by atoms with Gasteiger partial charge in [-0.15, -0.1) is 22.3 Å². The van der Waals surface area contributed by atoms with Crippen molar-refractivity contribution in [3.05, 3.63) is 64.7 Å². The van der Waals surface area contributed by atoms with Crippen molar-refractivity contribution in [2.45, 2.75) is 47.3 Å². The molecule has 6 nitrogen and oxygen atoms in total. The fourth-order valence-corrected chi connectivity index (χ4v) is 5.09. The van der Waals surface area contributed by atoms with E-state index in [1.54, 1.807) is 0 Å². The molecule has 0 saturated carbocycles. The number of aryl methyl sites for hydroxylation is 5. The van der Waals surface area contributed by atoms with Gasteiger partial charge in [-0.25, -0.2) is 0 Å². The molecule has 0 N–H and O–H groups in total. The molecule has 0 spiro atoms. The average Bonchev–Trinajstić information content (AvgIpc) is 3.29. The molecule has 33 heavy (non-hydrogen) atoms. The first-order chi connectivity index (χ1) is 15.4. The summed E-state index contributed by atoms with van der Waals surface area (Å²) < 4.78 is 10.7. The molecule has 0 amide bonds. The molecule has 0 fully saturated rings. The van der Waals surface area contributed by atoms with Crippen molar-refractivity contribution >= 4 is 5.69 Å². The Morgan fingerprint density at radius 1 is 0.848 bits per heavy atom. The molecule has 0 saturated heterocycles. The van der Waals surface area contributed by atoms with Gasteiger partial charge >= 0.3 is 21.1 Å². The summed E-state index contributed by atoms with van der Waals surface area (Å²) in [5.41, 5.74) is 8.86. The maximum atomic E-state index is 6.35. The Labute approximate surface area is 208 Å². The van der Waals surface area contributed by atoms with Crippen LogP contribution < -0.4 is 9.64 Å². The van der Waals surface area contributed by atoms with Gasteiger partial charge in [-0.3, -0.25) is 9.97 Å². The summed E-state index contributed by atoms with van der Waals surface area (Å²) in [6.07, 6.45) is 5.17. The summed E-state index contributed by atoms with van der Waals surface area (Å²) in [6, 6.07) is 11.1. The summed E-state index contributed by atoms with van der Waals surface area (Å²) >= 11 is 0. The number of benzene rings is 2. The Morgan fingerprint density at radius 3 is 2.18 bits per heavy atom. The van der Waals surface area contributed by atoms with Crippen molar-refractivity contribution in [1.82, 2.24) is 19.1 Å². The minimum atomic E-state index is 0. The molecule has 2 aromatic heterocycles. The van der Waals surface area contributed by atoms with E-state index in [9.17, 15) is 0 Å². The number of fused-ring (bicyclic) bond motifs is 6. The van der Waals surface area contributed by atoms with Gasteiger partial charge in [0.2, 0.25) is 0 Å². The van der Waals surface area contributed by atoms with Gasteiger partial charge in [0.1, 0.15) is 0 Å². The van der Waals surface area contributed by atoms with Crippen molar-refractivity contribution in [2.24, 2.45) is 0 Å². The maximum Gasteiger partial charge on any atom is 2.00 e. The third kappa shape index (κ3) is 3.52. The van der Waals surface area contributed by atoms with E-state index in [0.717, 1.165) is 65.0 Å². The van der Waals surface area contributed by atoms with Gasteiger partial charge in [-0.05, 0) is 33.0 Å². The quantitative estimate of drug-likeness (QED) is 0.297. The summed E-state index contributed by atoms with van der Waals surface area (Å²) in [6.45, 7) is 10.0. The van der Waals surface area contributed by atoms with Gasteiger partial charge in [0.25, 0.3) is 0 Å². The standard InChI is InChI=1S/C26H25N5O.Pt/c1-15-8-19(10-22-21(15)6-7-30-12-17(3)27-25(22)30)32-20-9-16(2)24-23(11-20)26-28-18(4)13-31(26)14-29(24)5;/h8-9,12-13H,6-7,14H2,1-5H3;/q-2;+2. The number of hydrogen-bond acceptors (Lipinski definition) is 4. The fraction of sp³-hybridized carbons (Fsp3) is 0.308. The Balaban J connectivity index is 0.00000228. The van der Waals surface area contributed by atoms with Gasteiger partial charge in [0, 0.05) is 41.8 Å². The van der Waals surface area contributed by atoms with E-state index in [-0.39, 0.29) is 21.1 Å². The van der Waals surface area contributed by atoms with E-state index in [0.29, 0.717) is 11.5 Å². The third-order valence-corrected chi connectivity index (χ3v) is 6.39. The van der Waals surface area contributed by atoms with E-state index >= 15 is 0 Å². The van der Waals surface area contributed by atoms with Crippen LogP contribution in [-0.4, -0.2) is 26.1 Å². The third-order valence-electron chi connectivity index (χ3n) is 6.39. The maximum absolute atomic E-state index is 6.35. The fourth-order valence-electron chi connectivity index (χ4n) is 5.09. The smallest absolute Gasteiger partial charge is 0.497 e. The van der Waals surface area contributed by atoms with Gasteiger partial charge in [-0.2, -0.15) is 0 Å². The van der Waals surface area contributed by atoms with Gasteiger partial charge in [0.15, 0.2) is 0 Å². The summed E-state index contributed by atoms with van der Waals surface area (Å²) in [7, 11) is 2.10. The van der Waals surface area contributed by atoms with Crippen LogP contribution in [0.1, 0.15) is 28.1 Å². The average molecular weight is 619 g/mol. The molecule has 2 aliphatic rings. The summed E-state index contributed by atoms with van der Waals surface area (Å²) in [5.74, 6) is 3.28. The molecule has 4 aromatic rings. The predicted molar refractivity (Wildman–Crippen MR) is 124 cm³/mol. The zero-order valence-corrected chi connectivity index (χ0v) is 21.7. The molecule has 2 aromatic carbocycles. The van der Waals surface area contributed by atoms with Crippen LogP contribution in [0.2, 0.25) is 0 Å². The normalized spacial score (nSPS) is 13.5. The molecule has 0 radical (unpaired) electrons. The van der Waals surface area contributed by atoms with Crippen LogP contribution >= 0.6 is 0 Å². The summed E-state index contributed by atoms with van der Waals surface area (Å²) in [5, 5.41) is 0. The number of aromatic nitrogens is 4. The minimum Gasteiger partial charge on any atom is -0.497 e. The van der Waals surface area contributed by atoms with Crippen LogP contribution in [0.5, 0.6) is 11.5 Å². The molecule has 6 rings (SSSR count). The number of anilines is 1. The van der Waals surface area contributed by atoms with E-state index < -0.39 is 0 Å². The molecular formula is C26H25N5OPt. The molecule has 4 heterocycles. The SMILES string of the molecule is Cc1cn2c(n1)-c1[c-]c(Oc3[c-]c4c(c(C)c3)N(C)Cn3cc(C)nc3-4)cc(C)c1CC2.[Pt+2]. The Hall–Kier alpha value is -2.85. The van der Waals surface area contributed by atoms with Crippen LogP contribution in [0, 0.1) is 39.8 Å². The number of rotatable bonds is 2. The van der Waals surface area contributed by atoms with E-state index in [4.69, 9.17) is 14.7 Å². The van der Waals surface area contributed by atoms with Crippen LogP contribution in [0.4, 0.5) is 5.69 Å². The van der Waals surface area contributed by atoms with Crippen molar-refractivity contribution in [1.29, 1.82) is 0 Å². The topological polar surface area (TPSA) is 48.1 Å². The van der Waals surface area contributed by atoms with Crippen LogP contribution in [0.15, 0.2) is 24.5 Å². The first-order valence-electron chi connectivity index (χ1n) is 11.0. The van der Waals surface area contributed by atoms with Gasteiger partial charge in [-0.1, -0.05) is 43.7 Å². The molecule has 0 bridgehead atoms. The van der Waals surface area contributed by atoms with Crippen molar-refractivity contribution in [3.63, 3.8) is 0 Å².